The molecule has 1 atom stereocenters. The van der Waals surface area contributed by atoms with Crippen molar-refractivity contribution in [1.29, 1.82) is 0 Å². The topological polar surface area (TPSA) is 0 Å². The highest BCUT2D eigenvalue weighted by Crippen LogP contribution is 2.17. The van der Waals surface area contributed by atoms with E-state index in [1.807, 2.05) is 0 Å². The molecule has 0 nitrogen and oxygen atoms in total. The third-order valence-electron chi connectivity index (χ3n) is 2.23. The molecule has 1 rings (SSSR count). The Kier molecular flexibility index (Phi) is 2.73. The highest BCUT2D eigenvalue weighted by Gasteiger charge is 2.02. The smallest absolute Gasteiger partial charge is 0.0200 e. The van der Waals surface area contributed by atoms with Crippen LogP contribution in [0.3, 0.4) is 0 Å². The van der Waals surface area contributed by atoms with Crippen LogP contribution in [0.5, 0.6) is 0 Å². The first kappa shape index (κ1) is 7.59. The van der Waals surface area contributed by atoms with Crippen molar-refractivity contribution in [3.63, 3.8) is 0 Å². The Morgan fingerprint density at radius 2 is 2.10 bits per heavy atom. The largest absolute Gasteiger partial charge is 0.0882 e. The summed E-state index contributed by atoms with van der Waals surface area (Å²) >= 11 is 0. The van der Waals surface area contributed by atoms with Gasteiger partial charge in [0, 0.05) is 0 Å². The first-order valence-electron chi connectivity index (χ1n) is 4.12. The number of hydrogen-bond donors (Lipinski definition) is 0. The lowest BCUT2D eigenvalue weighted by atomic mass is 9.95. The third-order valence-corrected chi connectivity index (χ3v) is 2.23. The van der Waals surface area contributed by atoms with Crippen LogP contribution in [0, 0.1) is 5.92 Å². The highest BCUT2D eigenvalue weighted by atomic mass is 14.1. The predicted molar refractivity (Wildman–Crippen MR) is 45.9 cm³/mol. The van der Waals surface area contributed by atoms with Gasteiger partial charge in [-0.25, -0.2) is 0 Å². The van der Waals surface area contributed by atoms with E-state index in [1.54, 1.807) is 5.57 Å². The van der Waals surface area contributed by atoms with Gasteiger partial charge >= 0.3 is 0 Å². The third kappa shape index (κ3) is 2.02. The second kappa shape index (κ2) is 3.60. The molecule has 0 saturated heterocycles. The molecule has 10 heavy (non-hydrogen) atoms. The molecule has 0 aromatic heterocycles. The molecule has 0 aromatic carbocycles. The van der Waals surface area contributed by atoms with E-state index in [4.69, 9.17) is 0 Å². The number of allylic oxidation sites excluding steroid dienone is 4. The van der Waals surface area contributed by atoms with E-state index in [1.165, 1.54) is 19.3 Å². The summed E-state index contributed by atoms with van der Waals surface area (Å²) in [6.07, 6.45) is 10.6. The zero-order valence-electron chi connectivity index (χ0n) is 6.93. The molecule has 0 bridgehead atoms. The van der Waals surface area contributed by atoms with Crippen molar-refractivity contribution in [1.82, 2.24) is 0 Å². The van der Waals surface area contributed by atoms with Crippen LogP contribution >= 0.6 is 0 Å². The van der Waals surface area contributed by atoms with Crippen molar-refractivity contribution in [3.05, 3.63) is 23.8 Å². The van der Waals surface area contributed by atoms with Crippen molar-refractivity contribution in [2.45, 2.75) is 33.1 Å². The Bertz CT molecular complexity index is 151. The molecule has 0 saturated carbocycles. The van der Waals surface area contributed by atoms with Crippen molar-refractivity contribution in [2.24, 2.45) is 5.92 Å². The van der Waals surface area contributed by atoms with Gasteiger partial charge in [0.15, 0.2) is 0 Å². The van der Waals surface area contributed by atoms with Gasteiger partial charge in [0.2, 0.25) is 0 Å². The van der Waals surface area contributed by atoms with Crippen LogP contribution < -0.4 is 0 Å². The summed E-state index contributed by atoms with van der Waals surface area (Å²) in [4.78, 5) is 0. The van der Waals surface area contributed by atoms with Crippen molar-refractivity contribution < 1.29 is 0 Å². The average Bonchev–Trinajstić information content (AvgIpc) is 1.92. The lowest BCUT2D eigenvalue weighted by Crippen LogP contribution is -1.95. The van der Waals surface area contributed by atoms with Crippen LogP contribution in [0.2, 0.25) is 0 Å². The zero-order chi connectivity index (χ0) is 7.40. The SMILES string of the molecule is C/C1=C/CC/C=C\CC1C. The van der Waals surface area contributed by atoms with Gasteiger partial charge in [-0.1, -0.05) is 30.7 Å². The Morgan fingerprint density at radius 1 is 1.30 bits per heavy atom. The van der Waals surface area contributed by atoms with Gasteiger partial charge in [0.25, 0.3) is 0 Å². The van der Waals surface area contributed by atoms with E-state index in [0.717, 1.165) is 5.92 Å². The molecule has 0 amide bonds. The van der Waals surface area contributed by atoms with Gasteiger partial charge < -0.3 is 0 Å². The van der Waals surface area contributed by atoms with Gasteiger partial charge in [-0.3, -0.25) is 0 Å². The summed E-state index contributed by atoms with van der Waals surface area (Å²) in [7, 11) is 0. The summed E-state index contributed by atoms with van der Waals surface area (Å²) < 4.78 is 0. The quantitative estimate of drug-likeness (QED) is 0.448. The lowest BCUT2D eigenvalue weighted by molar-refractivity contribution is 0.681. The van der Waals surface area contributed by atoms with Gasteiger partial charge in [0.05, 0.1) is 0 Å². The van der Waals surface area contributed by atoms with E-state index in [2.05, 4.69) is 32.1 Å². The van der Waals surface area contributed by atoms with Gasteiger partial charge in [-0.15, -0.1) is 0 Å². The molecular formula is C10H16. The van der Waals surface area contributed by atoms with Crippen LogP contribution in [0.4, 0.5) is 0 Å². The molecule has 56 valence electrons. The molecule has 0 heteroatoms. The maximum atomic E-state index is 2.37. The molecule has 0 aliphatic heterocycles. The fourth-order valence-electron chi connectivity index (χ4n) is 1.21. The van der Waals surface area contributed by atoms with E-state index in [0.29, 0.717) is 0 Å². The molecule has 1 aliphatic rings. The standard InChI is InChI=1S/C10H16/c1-9-7-5-3-4-6-8-10(9)2/h3,5,8-9H,4,6-7H2,1-2H3/b5-3-,10-8-. The van der Waals surface area contributed by atoms with Crippen LogP contribution in [0.15, 0.2) is 23.8 Å². The monoisotopic (exact) mass is 136 g/mol. The summed E-state index contributed by atoms with van der Waals surface area (Å²) in [5, 5.41) is 0. The van der Waals surface area contributed by atoms with E-state index < -0.39 is 0 Å². The molecule has 0 N–H and O–H groups in total. The summed E-state index contributed by atoms with van der Waals surface area (Å²) in [5.41, 5.74) is 1.56. The van der Waals surface area contributed by atoms with Crippen LogP contribution in [0.1, 0.15) is 33.1 Å². The first-order chi connectivity index (χ1) is 4.80. The maximum Gasteiger partial charge on any atom is -0.0200 e. The molecule has 0 fully saturated rings. The van der Waals surface area contributed by atoms with Gasteiger partial charge in [-0.05, 0) is 32.1 Å². The van der Waals surface area contributed by atoms with Crippen molar-refractivity contribution >= 4 is 0 Å². The molecular weight excluding hydrogens is 120 g/mol. The predicted octanol–water partition coefficient (Wildman–Crippen LogP) is 3.31. The Balaban J connectivity index is 2.56. The Labute approximate surface area is 63.6 Å². The number of rotatable bonds is 0. The van der Waals surface area contributed by atoms with E-state index in [9.17, 15) is 0 Å². The summed E-state index contributed by atoms with van der Waals surface area (Å²) in [6, 6.07) is 0. The maximum absolute atomic E-state index is 2.37. The minimum absolute atomic E-state index is 0.761. The fraction of sp³-hybridized carbons (Fsp3) is 0.600. The van der Waals surface area contributed by atoms with E-state index in [-0.39, 0.29) is 0 Å². The first-order valence-corrected chi connectivity index (χ1v) is 4.12. The summed E-state index contributed by atoms with van der Waals surface area (Å²) in [5.74, 6) is 0.761. The van der Waals surface area contributed by atoms with Crippen molar-refractivity contribution in [3.8, 4) is 0 Å². The minimum atomic E-state index is 0.761. The minimum Gasteiger partial charge on any atom is -0.0882 e. The van der Waals surface area contributed by atoms with Gasteiger partial charge in [-0.2, -0.15) is 0 Å². The average molecular weight is 136 g/mol. The Hall–Kier alpha value is -0.520. The highest BCUT2D eigenvalue weighted by molar-refractivity contribution is 5.07. The second-order valence-electron chi connectivity index (χ2n) is 3.13. The Morgan fingerprint density at radius 3 is 2.90 bits per heavy atom. The van der Waals surface area contributed by atoms with E-state index >= 15 is 0 Å². The molecule has 0 heterocycles. The van der Waals surface area contributed by atoms with Gasteiger partial charge in [0.1, 0.15) is 0 Å². The molecule has 0 aromatic rings. The lowest BCUT2D eigenvalue weighted by Gasteiger charge is -2.11. The molecule has 1 unspecified atom stereocenters. The normalized spacial score (nSPS) is 35.4. The second-order valence-corrected chi connectivity index (χ2v) is 3.13. The van der Waals surface area contributed by atoms with Crippen LogP contribution in [-0.4, -0.2) is 0 Å². The molecule has 0 spiro atoms. The number of hydrogen-bond acceptors (Lipinski definition) is 0. The zero-order valence-corrected chi connectivity index (χ0v) is 6.93. The van der Waals surface area contributed by atoms with Crippen LogP contribution in [-0.2, 0) is 0 Å². The van der Waals surface area contributed by atoms with Crippen LogP contribution in [0.25, 0.3) is 0 Å². The fourth-order valence-corrected chi connectivity index (χ4v) is 1.21. The molecule has 1 aliphatic carbocycles. The molecule has 0 radical (unpaired) electrons. The summed E-state index contributed by atoms with van der Waals surface area (Å²) in [6.45, 7) is 4.53. The van der Waals surface area contributed by atoms with Crippen molar-refractivity contribution in [2.75, 3.05) is 0 Å².